The van der Waals surface area contributed by atoms with Crippen LogP contribution in [0.1, 0.15) is 40.7 Å². The summed E-state index contributed by atoms with van der Waals surface area (Å²) >= 11 is 5.98. The second-order valence-corrected chi connectivity index (χ2v) is 12.3. The fourth-order valence-corrected chi connectivity index (χ4v) is 6.59. The van der Waals surface area contributed by atoms with Gasteiger partial charge in [-0.1, -0.05) is 35.9 Å². The first-order chi connectivity index (χ1) is 19.8. The van der Waals surface area contributed by atoms with Gasteiger partial charge in [0.05, 0.1) is 4.90 Å². The predicted molar refractivity (Wildman–Crippen MR) is 158 cm³/mol. The number of nitrogens with one attached hydrogen (secondary N) is 2. The summed E-state index contributed by atoms with van der Waals surface area (Å²) in [5.41, 5.74) is 3.09. The summed E-state index contributed by atoms with van der Waals surface area (Å²) in [5, 5.41) is 6.20. The summed E-state index contributed by atoms with van der Waals surface area (Å²) in [6, 6.07) is 23.7. The van der Waals surface area contributed by atoms with Crippen LogP contribution in [0.2, 0.25) is 5.02 Å². The maximum atomic E-state index is 13.7. The summed E-state index contributed by atoms with van der Waals surface area (Å²) in [6.45, 7) is 0.862. The van der Waals surface area contributed by atoms with Gasteiger partial charge in [0.15, 0.2) is 0 Å². The highest BCUT2D eigenvalue weighted by atomic mass is 35.5. The van der Waals surface area contributed by atoms with Crippen molar-refractivity contribution in [2.75, 3.05) is 6.54 Å². The van der Waals surface area contributed by atoms with Crippen LogP contribution in [0.25, 0.3) is 5.69 Å². The van der Waals surface area contributed by atoms with Gasteiger partial charge in [-0.15, -0.1) is 0 Å². The van der Waals surface area contributed by atoms with Crippen molar-refractivity contribution in [1.29, 1.82) is 0 Å². The van der Waals surface area contributed by atoms with Crippen LogP contribution in [0.3, 0.4) is 0 Å². The zero-order chi connectivity index (χ0) is 28.8. The van der Waals surface area contributed by atoms with Crippen molar-refractivity contribution in [2.24, 2.45) is 0 Å². The molecule has 0 saturated carbocycles. The van der Waals surface area contributed by atoms with Gasteiger partial charge in [-0.3, -0.25) is 9.59 Å². The molecule has 1 aliphatic heterocycles. The van der Waals surface area contributed by atoms with E-state index >= 15 is 0 Å². The largest absolute Gasteiger partial charge is 0.355 e. The lowest BCUT2D eigenvalue weighted by atomic mass is 10.1. The molecule has 5 rings (SSSR count). The molecule has 0 radical (unpaired) electrons. The van der Waals surface area contributed by atoms with Crippen LogP contribution in [-0.2, 0) is 27.9 Å². The first-order valence-electron chi connectivity index (χ1n) is 13.5. The minimum absolute atomic E-state index is 0.0167. The average Bonchev–Trinajstić information content (AvgIpc) is 3.44. The van der Waals surface area contributed by atoms with Crippen molar-refractivity contribution < 1.29 is 18.0 Å². The Morgan fingerprint density at radius 3 is 2.41 bits per heavy atom. The molecule has 10 heteroatoms. The third kappa shape index (κ3) is 6.87. The number of rotatable bonds is 9. The highest BCUT2D eigenvalue weighted by Crippen LogP contribution is 2.26. The number of hydrogen-bond acceptors (Lipinski definition) is 4. The van der Waals surface area contributed by atoms with E-state index in [0.717, 1.165) is 24.1 Å². The Bertz CT molecular complexity index is 1600. The van der Waals surface area contributed by atoms with Crippen molar-refractivity contribution in [2.45, 2.75) is 43.3 Å². The molecule has 0 bridgehead atoms. The van der Waals surface area contributed by atoms with Crippen LogP contribution in [-0.4, -0.2) is 41.7 Å². The number of sulfonamides is 1. The summed E-state index contributed by atoms with van der Waals surface area (Å²) in [5.74, 6) is -0.548. The molecule has 2 heterocycles. The topological polar surface area (TPSA) is 101 Å². The Balaban J connectivity index is 1.31. The normalized spacial score (nSPS) is 15.8. The summed E-state index contributed by atoms with van der Waals surface area (Å²) in [6.07, 6.45) is 5.86. The number of amides is 2. The summed E-state index contributed by atoms with van der Waals surface area (Å²) < 4.78 is 30.7. The molecule has 1 fully saturated rings. The van der Waals surface area contributed by atoms with Crippen LogP contribution in [0.4, 0.5) is 0 Å². The molecule has 4 aromatic rings. The lowest BCUT2D eigenvalue weighted by molar-refractivity contribution is -0.124. The minimum Gasteiger partial charge on any atom is -0.355 e. The average molecular weight is 591 g/mol. The zero-order valence-electron chi connectivity index (χ0n) is 22.4. The second-order valence-electron chi connectivity index (χ2n) is 9.95. The fraction of sp³-hybridized carbons (Fsp3) is 0.226. The van der Waals surface area contributed by atoms with Gasteiger partial charge in [0, 0.05) is 48.3 Å². The van der Waals surface area contributed by atoms with Gasteiger partial charge in [0.2, 0.25) is 15.9 Å². The van der Waals surface area contributed by atoms with E-state index in [1.807, 2.05) is 53.4 Å². The fourth-order valence-electron chi connectivity index (χ4n) is 4.86. The van der Waals surface area contributed by atoms with Crippen LogP contribution in [0.5, 0.6) is 0 Å². The van der Waals surface area contributed by atoms with Gasteiger partial charge in [-0.25, -0.2) is 8.42 Å². The van der Waals surface area contributed by atoms with Gasteiger partial charge < -0.3 is 15.2 Å². The lowest BCUT2D eigenvalue weighted by Gasteiger charge is -2.29. The summed E-state index contributed by atoms with van der Waals surface area (Å²) in [4.78, 5) is 25.9. The first-order valence-corrected chi connectivity index (χ1v) is 15.3. The number of aromatic nitrogens is 1. The van der Waals surface area contributed by atoms with Gasteiger partial charge in [-0.2, -0.15) is 4.31 Å². The van der Waals surface area contributed by atoms with E-state index in [4.69, 9.17) is 11.6 Å². The number of benzene rings is 3. The van der Waals surface area contributed by atoms with Crippen molar-refractivity contribution >= 4 is 33.4 Å². The summed E-state index contributed by atoms with van der Waals surface area (Å²) in [7, 11) is -4.02. The number of nitrogens with zero attached hydrogens (tertiary/aromatic N) is 2. The van der Waals surface area contributed by atoms with Crippen molar-refractivity contribution in [1.82, 2.24) is 19.5 Å². The van der Waals surface area contributed by atoms with E-state index in [-0.39, 0.29) is 23.3 Å². The standard InChI is InChI=1S/C31H31ClN4O4S/c32-26-13-15-28(16-14-26)41(39,40)36(29-8-1-2-17-33-31(29)38)22-23-9-11-25(12-10-23)30(37)34-21-24-6-5-7-27(20-24)35-18-3-4-19-35/h3-7,9-16,18-20,29H,1-2,8,17,21-22H2,(H,33,38)(H,34,37)/t29-/m1/s1. The molecule has 2 N–H and O–H groups in total. The number of hydrogen-bond donors (Lipinski definition) is 2. The van der Waals surface area contributed by atoms with Gasteiger partial charge >= 0.3 is 0 Å². The number of halogens is 1. The quantitative estimate of drug-likeness (QED) is 0.289. The van der Waals surface area contributed by atoms with Gasteiger partial charge in [-0.05, 0) is 91.1 Å². The third-order valence-electron chi connectivity index (χ3n) is 7.09. The van der Waals surface area contributed by atoms with E-state index in [1.165, 1.54) is 28.6 Å². The molecule has 8 nitrogen and oxygen atoms in total. The predicted octanol–water partition coefficient (Wildman–Crippen LogP) is 4.92. The molecule has 2 amide bonds. The molecule has 1 saturated heterocycles. The van der Waals surface area contributed by atoms with E-state index in [0.29, 0.717) is 35.7 Å². The SMILES string of the molecule is O=C(NCc1cccc(-n2cccc2)c1)c1ccc(CN([C@@H]2CCCCNC2=O)S(=O)(=O)c2ccc(Cl)cc2)cc1. The highest BCUT2D eigenvalue weighted by Gasteiger charge is 2.36. The maximum absolute atomic E-state index is 13.7. The van der Waals surface area contributed by atoms with Crippen LogP contribution in [0, 0.1) is 0 Å². The van der Waals surface area contributed by atoms with Crippen LogP contribution >= 0.6 is 11.6 Å². The number of carbonyl (C=O) groups excluding carboxylic acids is 2. The monoisotopic (exact) mass is 590 g/mol. The van der Waals surface area contributed by atoms with E-state index in [1.54, 1.807) is 24.3 Å². The molecule has 0 unspecified atom stereocenters. The molecule has 1 atom stereocenters. The van der Waals surface area contributed by atoms with Gasteiger partial charge in [0.1, 0.15) is 6.04 Å². The smallest absolute Gasteiger partial charge is 0.251 e. The minimum atomic E-state index is -4.02. The molecule has 0 spiro atoms. The molecule has 1 aromatic heterocycles. The van der Waals surface area contributed by atoms with Crippen molar-refractivity contribution in [3.63, 3.8) is 0 Å². The number of carbonyl (C=O) groups is 2. The van der Waals surface area contributed by atoms with E-state index < -0.39 is 16.1 Å². The molecular weight excluding hydrogens is 560 g/mol. The molecular formula is C31H31ClN4O4S. The molecule has 1 aliphatic rings. The highest BCUT2D eigenvalue weighted by molar-refractivity contribution is 7.89. The third-order valence-corrected chi connectivity index (χ3v) is 9.22. The van der Waals surface area contributed by atoms with Crippen molar-refractivity contribution in [3.05, 3.63) is 119 Å². The zero-order valence-corrected chi connectivity index (χ0v) is 23.9. The maximum Gasteiger partial charge on any atom is 0.251 e. The Hall–Kier alpha value is -3.92. The Kier molecular flexibility index (Phi) is 8.87. The van der Waals surface area contributed by atoms with Crippen LogP contribution < -0.4 is 10.6 Å². The molecule has 3 aromatic carbocycles. The van der Waals surface area contributed by atoms with E-state index in [2.05, 4.69) is 10.6 Å². The van der Waals surface area contributed by atoms with Gasteiger partial charge in [0.25, 0.3) is 5.91 Å². The van der Waals surface area contributed by atoms with E-state index in [9.17, 15) is 18.0 Å². The molecule has 212 valence electrons. The molecule has 0 aliphatic carbocycles. The Morgan fingerprint density at radius 2 is 1.68 bits per heavy atom. The first kappa shape index (κ1) is 28.6. The van der Waals surface area contributed by atoms with Crippen molar-refractivity contribution in [3.8, 4) is 5.69 Å². The Morgan fingerprint density at radius 1 is 0.951 bits per heavy atom. The lowest BCUT2D eigenvalue weighted by Crippen LogP contribution is -2.48. The second kappa shape index (κ2) is 12.7. The Labute approximate surface area is 245 Å². The van der Waals surface area contributed by atoms with Crippen LogP contribution in [0.15, 0.2) is 102 Å². The molecule has 41 heavy (non-hydrogen) atoms.